The number of nitrogens with zero attached hydrogens (tertiary/aromatic N) is 4. The Kier molecular flexibility index (Phi) is 7.55. The summed E-state index contributed by atoms with van der Waals surface area (Å²) < 4.78 is 13.7. The lowest BCUT2D eigenvalue weighted by Crippen LogP contribution is -2.37. The second-order valence-corrected chi connectivity index (χ2v) is 7.99. The molecule has 0 spiro atoms. The van der Waals surface area contributed by atoms with E-state index in [1.165, 1.54) is 5.56 Å². The zero-order valence-corrected chi connectivity index (χ0v) is 18.9. The summed E-state index contributed by atoms with van der Waals surface area (Å²) in [7, 11) is 0. The van der Waals surface area contributed by atoms with E-state index in [9.17, 15) is 0 Å². The van der Waals surface area contributed by atoms with Crippen molar-refractivity contribution in [1.29, 1.82) is 0 Å². The number of nitrogens with one attached hydrogen (secondary N) is 2. The summed E-state index contributed by atoms with van der Waals surface area (Å²) in [6, 6.07) is 12.2. The minimum Gasteiger partial charge on any atom is -0.488 e. The molecule has 170 valence electrons. The van der Waals surface area contributed by atoms with Gasteiger partial charge in [-0.1, -0.05) is 18.2 Å². The van der Waals surface area contributed by atoms with E-state index in [4.69, 9.17) is 14.5 Å². The van der Waals surface area contributed by atoms with Crippen molar-refractivity contribution in [2.75, 3.05) is 26.3 Å². The van der Waals surface area contributed by atoms with Gasteiger partial charge < -0.3 is 20.1 Å². The predicted molar refractivity (Wildman–Crippen MR) is 125 cm³/mol. The molecule has 3 aromatic rings. The van der Waals surface area contributed by atoms with Crippen LogP contribution in [0.3, 0.4) is 0 Å². The van der Waals surface area contributed by atoms with Crippen LogP contribution in [-0.4, -0.2) is 53.0 Å². The summed E-state index contributed by atoms with van der Waals surface area (Å²) in [5, 5.41) is 15.3. The summed E-state index contributed by atoms with van der Waals surface area (Å²) in [5.41, 5.74) is 3.14. The Morgan fingerprint density at radius 3 is 3.03 bits per heavy atom. The van der Waals surface area contributed by atoms with Gasteiger partial charge in [0.05, 0.1) is 19.8 Å². The SMILES string of the molecule is CCNC(=NCc1ccc(C)cc1OC1CCOC1)NCCCc1nnc2ccccn12. The van der Waals surface area contributed by atoms with Crippen molar-refractivity contribution in [2.24, 2.45) is 4.99 Å². The number of hydrogen-bond donors (Lipinski definition) is 2. The van der Waals surface area contributed by atoms with Gasteiger partial charge in [-0.05, 0) is 44.0 Å². The minimum atomic E-state index is 0.124. The number of pyridine rings is 1. The molecular weight excluding hydrogens is 404 g/mol. The highest BCUT2D eigenvalue weighted by atomic mass is 16.5. The Labute approximate surface area is 189 Å². The van der Waals surface area contributed by atoms with Crippen molar-refractivity contribution >= 4 is 11.6 Å². The summed E-state index contributed by atoms with van der Waals surface area (Å²) in [5.74, 6) is 2.68. The van der Waals surface area contributed by atoms with Gasteiger partial charge in [0.25, 0.3) is 0 Å². The first-order chi connectivity index (χ1) is 15.7. The number of aliphatic imine (C=N–C) groups is 1. The maximum Gasteiger partial charge on any atom is 0.191 e. The van der Waals surface area contributed by atoms with E-state index in [1.807, 2.05) is 28.8 Å². The van der Waals surface area contributed by atoms with Crippen molar-refractivity contribution in [3.05, 3.63) is 59.5 Å². The Bertz CT molecular complexity index is 1040. The molecule has 1 aliphatic heterocycles. The summed E-state index contributed by atoms with van der Waals surface area (Å²) in [6.07, 6.45) is 4.83. The van der Waals surface area contributed by atoms with E-state index in [0.717, 1.165) is 67.7 Å². The number of guanidine groups is 1. The number of rotatable bonds is 9. The van der Waals surface area contributed by atoms with Crippen LogP contribution in [0.15, 0.2) is 47.6 Å². The summed E-state index contributed by atoms with van der Waals surface area (Å²) in [4.78, 5) is 4.78. The lowest BCUT2D eigenvalue weighted by atomic mass is 10.1. The molecular formula is C24H32N6O2. The zero-order chi connectivity index (χ0) is 22.2. The van der Waals surface area contributed by atoms with Crippen LogP contribution >= 0.6 is 0 Å². The van der Waals surface area contributed by atoms with Gasteiger partial charge in [-0.2, -0.15) is 0 Å². The molecule has 0 radical (unpaired) electrons. The molecule has 4 rings (SSSR count). The number of aromatic nitrogens is 3. The van der Waals surface area contributed by atoms with E-state index in [1.54, 1.807) is 0 Å². The first-order valence-corrected chi connectivity index (χ1v) is 11.4. The van der Waals surface area contributed by atoms with E-state index in [-0.39, 0.29) is 6.10 Å². The number of benzene rings is 1. The highest BCUT2D eigenvalue weighted by molar-refractivity contribution is 5.79. The molecule has 32 heavy (non-hydrogen) atoms. The van der Waals surface area contributed by atoms with Gasteiger partial charge >= 0.3 is 0 Å². The van der Waals surface area contributed by atoms with Crippen molar-refractivity contribution < 1.29 is 9.47 Å². The molecule has 1 saturated heterocycles. The standard InChI is InChI=1S/C24H32N6O2/c1-3-25-24(26-12-6-8-23-29-28-22-7-4-5-13-30(22)23)27-16-19-10-9-18(2)15-21(19)32-20-11-14-31-17-20/h4-5,7,9-10,13,15,20H,3,6,8,11-12,14,16-17H2,1-2H3,(H2,25,26,27). The first-order valence-electron chi connectivity index (χ1n) is 11.4. The molecule has 2 N–H and O–H groups in total. The Hall–Kier alpha value is -3.13. The Morgan fingerprint density at radius 2 is 2.19 bits per heavy atom. The van der Waals surface area contributed by atoms with Crippen molar-refractivity contribution in [2.45, 2.75) is 45.8 Å². The van der Waals surface area contributed by atoms with Gasteiger partial charge in [-0.15, -0.1) is 10.2 Å². The first kappa shape index (κ1) is 22.1. The number of aryl methyl sites for hydroxylation is 2. The third-order valence-corrected chi connectivity index (χ3v) is 5.41. The van der Waals surface area contributed by atoms with Gasteiger partial charge in [0.1, 0.15) is 17.7 Å². The van der Waals surface area contributed by atoms with E-state index >= 15 is 0 Å². The molecule has 8 heteroatoms. The largest absolute Gasteiger partial charge is 0.488 e. The van der Waals surface area contributed by atoms with Crippen LogP contribution in [-0.2, 0) is 17.7 Å². The van der Waals surface area contributed by atoms with Crippen LogP contribution in [0.2, 0.25) is 0 Å². The second-order valence-electron chi connectivity index (χ2n) is 7.99. The highest BCUT2D eigenvalue weighted by Crippen LogP contribution is 2.24. The average Bonchev–Trinajstić information content (AvgIpc) is 3.46. The maximum atomic E-state index is 6.20. The van der Waals surface area contributed by atoms with Gasteiger partial charge in [0, 0.05) is 37.7 Å². The lowest BCUT2D eigenvalue weighted by Gasteiger charge is -2.16. The van der Waals surface area contributed by atoms with Crippen LogP contribution in [0.25, 0.3) is 5.65 Å². The third-order valence-electron chi connectivity index (χ3n) is 5.41. The molecule has 1 atom stereocenters. The molecule has 1 aromatic carbocycles. The molecule has 1 fully saturated rings. The molecule has 1 unspecified atom stereocenters. The summed E-state index contributed by atoms with van der Waals surface area (Å²) >= 11 is 0. The van der Waals surface area contributed by atoms with Gasteiger partial charge in [-0.25, -0.2) is 4.99 Å². The Balaban J connectivity index is 1.33. The van der Waals surface area contributed by atoms with Crippen molar-refractivity contribution in [3.8, 4) is 5.75 Å². The molecule has 3 heterocycles. The fourth-order valence-corrected chi connectivity index (χ4v) is 3.71. The highest BCUT2D eigenvalue weighted by Gasteiger charge is 2.18. The number of fused-ring (bicyclic) bond motifs is 1. The third kappa shape index (κ3) is 5.76. The van der Waals surface area contributed by atoms with Crippen LogP contribution in [0.1, 0.15) is 36.7 Å². The van der Waals surface area contributed by atoms with Gasteiger partial charge in [0.15, 0.2) is 11.6 Å². The molecule has 1 aliphatic rings. The molecule has 0 saturated carbocycles. The van der Waals surface area contributed by atoms with Crippen molar-refractivity contribution in [3.63, 3.8) is 0 Å². The van der Waals surface area contributed by atoms with Crippen LogP contribution in [0, 0.1) is 6.92 Å². The fourth-order valence-electron chi connectivity index (χ4n) is 3.71. The van der Waals surface area contributed by atoms with Gasteiger partial charge in [0.2, 0.25) is 0 Å². The monoisotopic (exact) mass is 436 g/mol. The van der Waals surface area contributed by atoms with Crippen LogP contribution < -0.4 is 15.4 Å². The minimum absolute atomic E-state index is 0.124. The average molecular weight is 437 g/mol. The quantitative estimate of drug-likeness (QED) is 0.305. The summed E-state index contributed by atoms with van der Waals surface area (Å²) in [6.45, 7) is 7.72. The molecule has 0 amide bonds. The van der Waals surface area contributed by atoms with Crippen LogP contribution in [0.4, 0.5) is 0 Å². The maximum absolute atomic E-state index is 6.20. The topological polar surface area (TPSA) is 85.1 Å². The Morgan fingerprint density at radius 1 is 1.25 bits per heavy atom. The van der Waals surface area contributed by atoms with E-state index < -0.39 is 0 Å². The van der Waals surface area contributed by atoms with Gasteiger partial charge in [-0.3, -0.25) is 4.40 Å². The van der Waals surface area contributed by atoms with Crippen molar-refractivity contribution in [1.82, 2.24) is 25.2 Å². The van der Waals surface area contributed by atoms with E-state index in [2.05, 4.69) is 52.9 Å². The number of ether oxygens (including phenoxy) is 2. The molecule has 0 aliphatic carbocycles. The molecule has 2 aromatic heterocycles. The zero-order valence-electron chi connectivity index (χ0n) is 18.9. The molecule has 8 nitrogen and oxygen atoms in total. The van der Waals surface area contributed by atoms with E-state index in [0.29, 0.717) is 13.2 Å². The second kappa shape index (κ2) is 10.9. The fraction of sp³-hybridized carbons (Fsp3) is 0.458. The number of hydrogen-bond acceptors (Lipinski definition) is 5. The lowest BCUT2D eigenvalue weighted by molar-refractivity contribution is 0.140. The smallest absolute Gasteiger partial charge is 0.191 e. The molecule has 0 bridgehead atoms. The van der Waals surface area contributed by atoms with Crippen LogP contribution in [0.5, 0.6) is 5.75 Å². The normalized spacial score (nSPS) is 16.4. The predicted octanol–water partition coefficient (Wildman–Crippen LogP) is 2.89.